The molecule has 28 heavy (non-hydrogen) atoms. The minimum absolute atomic E-state index is 0.265. The van der Waals surface area contributed by atoms with Crippen LogP contribution in [0.1, 0.15) is 31.4 Å². The molecule has 0 amide bonds. The monoisotopic (exact) mass is 425 g/mol. The summed E-state index contributed by atoms with van der Waals surface area (Å²) in [6, 6.07) is 10.2. The number of carbonyl (C=O) groups is 1. The molecule has 0 fully saturated rings. The van der Waals surface area contributed by atoms with Gasteiger partial charge in [0.1, 0.15) is 12.6 Å². The molecule has 2 aromatic rings. The van der Waals surface area contributed by atoms with Crippen LogP contribution in [-0.2, 0) is 17.9 Å². The number of nitrogens with one attached hydrogen (secondary N) is 1. The summed E-state index contributed by atoms with van der Waals surface area (Å²) in [5.41, 5.74) is 1.66. The highest BCUT2D eigenvalue weighted by Crippen LogP contribution is 2.34. The molecule has 0 radical (unpaired) electrons. The number of ether oxygens (including phenoxy) is 2. The number of carboxylic acids is 1. The average molecular weight is 426 g/mol. The summed E-state index contributed by atoms with van der Waals surface area (Å²) in [6.07, 6.45) is 0.533. The summed E-state index contributed by atoms with van der Waals surface area (Å²) in [7, 11) is 1.55. The van der Waals surface area contributed by atoms with Crippen molar-refractivity contribution < 1.29 is 19.4 Å². The Hall–Kier alpha value is -1.95. The lowest BCUT2D eigenvalue weighted by molar-refractivity contribution is -0.140. The molecule has 0 aromatic heterocycles. The van der Waals surface area contributed by atoms with Crippen molar-refractivity contribution in [2.24, 2.45) is 5.92 Å². The second-order valence-electron chi connectivity index (χ2n) is 6.91. The molecule has 2 N–H and O–H groups in total. The molecule has 0 aliphatic carbocycles. The maximum Gasteiger partial charge on any atom is 0.320 e. The second kappa shape index (κ2) is 10.6. The van der Waals surface area contributed by atoms with Gasteiger partial charge in [-0.2, -0.15) is 0 Å². The van der Waals surface area contributed by atoms with Crippen LogP contribution in [0.15, 0.2) is 36.4 Å². The van der Waals surface area contributed by atoms with Gasteiger partial charge in [0.15, 0.2) is 11.5 Å². The molecule has 0 heterocycles. The molecule has 0 saturated carbocycles. The van der Waals surface area contributed by atoms with Crippen LogP contribution < -0.4 is 14.8 Å². The van der Waals surface area contributed by atoms with Crippen LogP contribution >= 0.6 is 23.2 Å². The van der Waals surface area contributed by atoms with Crippen LogP contribution in [-0.4, -0.2) is 24.2 Å². The maximum atomic E-state index is 11.4. The zero-order valence-electron chi connectivity index (χ0n) is 16.2. The molecule has 7 heteroatoms. The third kappa shape index (κ3) is 6.59. The summed E-state index contributed by atoms with van der Waals surface area (Å²) >= 11 is 12.4. The standard InChI is InChI=1S/C21H25Cl2NO4/c1-13(2)7-18(21(25)26)24-11-15-9-19(27-3)20(10-17(15)23)28-12-14-5-4-6-16(22)8-14/h4-6,8-10,13,18,24H,7,11-12H2,1-3H3,(H,25,26). The van der Waals surface area contributed by atoms with Gasteiger partial charge in [-0.15, -0.1) is 0 Å². The van der Waals surface area contributed by atoms with E-state index in [-0.39, 0.29) is 5.92 Å². The molecule has 1 atom stereocenters. The van der Waals surface area contributed by atoms with E-state index in [1.54, 1.807) is 25.3 Å². The van der Waals surface area contributed by atoms with E-state index in [0.29, 0.717) is 41.1 Å². The molecule has 2 rings (SSSR count). The summed E-state index contributed by atoms with van der Waals surface area (Å²) in [5.74, 6) is 0.422. The molecule has 0 aliphatic rings. The average Bonchev–Trinajstić information content (AvgIpc) is 2.64. The van der Waals surface area contributed by atoms with Gasteiger partial charge in [-0.25, -0.2) is 0 Å². The van der Waals surface area contributed by atoms with E-state index in [1.165, 1.54) is 0 Å². The zero-order chi connectivity index (χ0) is 20.7. The lowest BCUT2D eigenvalue weighted by Gasteiger charge is -2.18. The number of benzene rings is 2. The predicted octanol–water partition coefficient (Wildman–Crippen LogP) is 5.17. The Morgan fingerprint density at radius 3 is 2.54 bits per heavy atom. The van der Waals surface area contributed by atoms with Crippen molar-refractivity contribution >= 4 is 29.2 Å². The summed E-state index contributed by atoms with van der Waals surface area (Å²) in [5, 5.41) is 13.5. The van der Waals surface area contributed by atoms with Crippen LogP contribution in [0.2, 0.25) is 10.0 Å². The van der Waals surface area contributed by atoms with Crippen LogP contribution in [0.5, 0.6) is 11.5 Å². The number of methoxy groups -OCH3 is 1. The van der Waals surface area contributed by atoms with Crippen molar-refractivity contribution in [2.75, 3.05) is 7.11 Å². The van der Waals surface area contributed by atoms with E-state index >= 15 is 0 Å². The molecule has 0 aliphatic heterocycles. The Balaban J connectivity index is 2.10. The number of halogens is 2. The minimum atomic E-state index is -0.877. The second-order valence-corrected chi connectivity index (χ2v) is 7.76. The normalized spacial score (nSPS) is 12.1. The van der Waals surface area contributed by atoms with Crippen molar-refractivity contribution in [3.63, 3.8) is 0 Å². The first-order valence-corrected chi connectivity index (χ1v) is 9.75. The lowest BCUT2D eigenvalue weighted by Crippen LogP contribution is -2.37. The summed E-state index contributed by atoms with van der Waals surface area (Å²) in [6.45, 7) is 4.60. The van der Waals surface area contributed by atoms with Crippen molar-refractivity contribution in [3.8, 4) is 11.5 Å². The molecule has 1 unspecified atom stereocenters. The minimum Gasteiger partial charge on any atom is -0.493 e. The first-order valence-electron chi connectivity index (χ1n) is 9.00. The first-order chi connectivity index (χ1) is 13.3. The van der Waals surface area contributed by atoms with Crippen LogP contribution in [0.3, 0.4) is 0 Å². The Morgan fingerprint density at radius 1 is 1.18 bits per heavy atom. The van der Waals surface area contributed by atoms with E-state index in [1.807, 2.05) is 32.0 Å². The van der Waals surface area contributed by atoms with E-state index < -0.39 is 12.0 Å². The summed E-state index contributed by atoms with van der Waals surface area (Å²) in [4.78, 5) is 11.4. The van der Waals surface area contributed by atoms with Gasteiger partial charge in [-0.1, -0.05) is 49.2 Å². The number of hydrogen-bond donors (Lipinski definition) is 2. The number of carboxylic acid groups (broad SMARTS) is 1. The van der Waals surface area contributed by atoms with Gasteiger partial charge in [0.2, 0.25) is 0 Å². The fourth-order valence-electron chi connectivity index (χ4n) is 2.75. The Kier molecular flexibility index (Phi) is 8.42. The maximum absolute atomic E-state index is 11.4. The van der Waals surface area contributed by atoms with Gasteiger partial charge in [0, 0.05) is 22.7 Å². The van der Waals surface area contributed by atoms with Gasteiger partial charge in [-0.3, -0.25) is 4.79 Å². The van der Waals surface area contributed by atoms with E-state index in [9.17, 15) is 9.90 Å². The molecule has 0 spiro atoms. The molecule has 0 saturated heterocycles. The fourth-order valence-corrected chi connectivity index (χ4v) is 3.18. The third-order valence-electron chi connectivity index (χ3n) is 4.16. The lowest BCUT2D eigenvalue weighted by atomic mass is 10.0. The van der Waals surface area contributed by atoms with E-state index in [0.717, 1.165) is 11.1 Å². The number of rotatable bonds is 10. The predicted molar refractivity (Wildman–Crippen MR) is 112 cm³/mol. The molecular weight excluding hydrogens is 401 g/mol. The zero-order valence-corrected chi connectivity index (χ0v) is 17.7. The molecule has 5 nitrogen and oxygen atoms in total. The fraction of sp³-hybridized carbons (Fsp3) is 0.381. The Labute approximate surface area is 175 Å². The smallest absolute Gasteiger partial charge is 0.320 e. The van der Waals surface area contributed by atoms with E-state index in [4.69, 9.17) is 32.7 Å². The van der Waals surface area contributed by atoms with Crippen molar-refractivity contribution in [3.05, 3.63) is 57.6 Å². The van der Waals surface area contributed by atoms with Gasteiger partial charge in [0.25, 0.3) is 0 Å². The molecule has 2 aromatic carbocycles. The molecule has 0 bridgehead atoms. The van der Waals surface area contributed by atoms with E-state index in [2.05, 4.69) is 5.32 Å². The third-order valence-corrected chi connectivity index (χ3v) is 4.75. The quantitative estimate of drug-likeness (QED) is 0.549. The van der Waals surface area contributed by atoms with Crippen molar-refractivity contribution in [1.82, 2.24) is 5.32 Å². The topological polar surface area (TPSA) is 67.8 Å². The van der Waals surface area contributed by atoms with Gasteiger partial charge in [-0.05, 0) is 41.7 Å². The molecular formula is C21H25Cl2NO4. The van der Waals surface area contributed by atoms with Gasteiger partial charge >= 0.3 is 5.97 Å². The highest BCUT2D eigenvalue weighted by atomic mass is 35.5. The Morgan fingerprint density at radius 2 is 1.93 bits per heavy atom. The molecule has 152 valence electrons. The number of aliphatic carboxylic acids is 1. The highest BCUT2D eigenvalue weighted by molar-refractivity contribution is 6.31. The SMILES string of the molecule is COc1cc(CNC(CC(C)C)C(=O)O)c(Cl)cc1OCc1cccc(Cl)c1. The van der Waals surface area contributed by atoms with Gasteiger partial charge < -0.3 is 19.9 Å². The summed E-state index contributed by atoms with van der Waals surface area (Å²) < 4.78 is 11.3. The van der Waals surface area contributed by atoms with Crippen molar-refractivity contribution in [1.29, 1.82) is 0 Å². The van der Waals surface area contributed by atoms with Crippen LogP contribution in [0.25, 0.3) is 0 Å². The Bertz CT molecular complexity index is 811. The van der Waals surface area contributed by atoms with Gasteiger partial charge in [0.05, 0.1) is 7.11 Å². The van der Waals surface area contributed by atoms with Crippen LogP contribution in [0.4, 0.5) is 0 Å². The number of hydrogen-bond acceptors (Lipinski definition) is 4. The largest absolute Gasteiger partial charge is 0.493 e. The highest BCUT2D eigenvalue weighted by Gasteiger charge is 2.19. The first kappa shape index (κ1) is 22.3. The van der Waals surface area contributed by atoms with Crippen LogP contribution in [0, 0.1) is 5.92 Å². The van der Waals surface area contributed by atoms with Crippen molar-refractivity contribution in [2.45, 2.75) is 39.5 Å².